The molecule has 1 saturated carbocycles. The molecule has 2 aromatic rings. The first-order valence-corrected chi connectivity index (χ1v) is 5.47. The number of fused-ring (bicyclic) bond motifs is 1. The Morgan fingerprint density at radius 3 is 3.07 bits per heavy atom. The number of rotatable bonds is 3. The fraction of sp³-hybridized carbons (Fsp3) is 0.417. The van der Waals surface area contributed by atoms with Gasteiger partial charge in [-0.05, 0) is 37.8 Å². The zero-order chi connectivity index (χ0) is 10.3. The minimum Gasteiger partial charge on any atom is -0.325 e. The average Bonchev–Trinajstić information content (AvgIpc) is 2.80. The summed E-state index contributed by atoms with van der Waals surface area (Å²) in [6.07, 6.45) is 8.36. The second-order valence-electron chi connectivity index (χ2n) is 4.53. The van der Waals surface area contributed by atoms with Crippen LogP contribution in [0.5, 0.6) is 0 Å². The Balaban J connectivity index is 1.86. The fourth-order valence-corrected chi connectivity index (χ4v) is 2.00. The first kappa shape index (κ1) is 8.92. The van der Waals surface area contributed by atoms with Crippen molar-refractivity contribution >= 4 is 5.65 Å². The highest BCUT2D eigenvalue weighted by Gasteiger charge is 2.37. The summed E-state index contributed by atoms with van der Waals surface area (Å²) >= 11 is 0. The van der Waals surface area contributed by atoms with Gasteiger partial charge in [0, 0.05) is 23.6 Å². The van der Waals surface area contributed by atoms with Gasteiger partial charge in [-0.1, -0.05) is 6.07 Å². The normalized spacial score (nSPS) is 18.2. The van der Waals surface area contributed by atoms with E-state index in [4.69, 9.17) is 5.73 Å². The number of imidazole rings is 1. The summed E-state index contributed by atoms with van der Waals surface area (Å²) in [7, 11) is 0. The molecule has 0 atom stereocenters. The Morgan fingerprint density at radius 2 is 2.27 bits per heavy atom. The van der Waals surface area contributed by atoms with Crippen LogP contribution in [0.1, 0.15) is 25.0 Å². The molecule has 0 unspecified atom stereocenters. The molecule has 15 heavy (non-hydrogen) atoms. The second-order valence-corrected chi connectivity index (χ2v) is 4.53. The van der Waals surface area contributed by atoms with E-state index in [-0.39, 0.29) is 5.54 Å². The summed E-state index contributed by atoms with van der Waals surface area (Å²) in [5.41, 5.74) is 8.56. The molecule has 2 N–H and O–H groups in total. The van der Waals surface area contributed by atoms with Crippen LogP contribution >= 0.6 is 0 Å². The standard InChI is InChI=1S/C12H15N3/c13-12(6-7-12)5-4-10-2-1-3-11-14-8-9-15(10)11/h1-3,8-9H,4-7,13H2. The van der Waals surface area contributed by atoms with E-state index in [0.29, 0.717) is 0 Å². The van der Waals surface area contributed by atoms with Gasteiger partial charge in [0.15, 0.2) is 0 Å². The van der Waals surface area contributed by atoms with E-state index in [1.54, 1.807) is 0 Å². The molecule has 0 saturated heterocycles. The van der Waals surface area contributed by atoms with Gasteiger partial charge in [-0.25, -0.2) is 4.98 Å². The summed E-state index contributed by atoms with van der Waals surface area (Å²) in [5.74, 6) is 0. The molecule has 2 aromatic heterocycles. The maximum absolute atomic E-state index is 6.09. The Morgan fingerprint density at radius 1 is 1.40 bits per heavy atom. The lowest BCUT2D eigenvalue weighted by Gasteiger charge is -2.09. The maximum Gasteiger partial charge on any atom is 0.136 e. The van der Waals surface area contributed by atoms with E-state index >= 15 is 0 Å². The average molecular weight is 201 g/mol. The number of aromatic nitrogens is 2. The first-order valence-electron chi connectivity index (χ1n) is 5.47. The van der Waals surface area contributed by atoms with E-state index in [1.165, 1.54) is 18.5 Å². The number of aryl methyl sites for hydroxylation is 1. The van der Waals surface area contributed by atoms with Crippen LogP contribution in [0.15, 0.2) is 30.6 Å². The molecule has 0 aliphatic heterocycles. The van der Waals surface area contributed by atoms with Crippen LogP contribution in [0.25, 0.3) is 5.65 Å². The molecule has 0 amide bonds. The van der Waals surface area contributed by atoms with E-state index in [1.807, 2.05) is 18.5 Å². The summed E-state index contributed by atoms with van der Waals surface area (Å²) in [4.78, 5) is 4.27. The minimum absolute atomic E-state index is 0.142. The molecule has 0 spiro atoms. The molecule has 0 radical (unpaired) electrons. The van der Waals surface area contributed by atoms with E-state index in [0.717, 1.165) is 18.5 Å². The van der Waals surface area contributed by atoms with Gasteiger partial charge in [0.1, 0.15) is 5.65 Å². The molecule has 1 aliphatic rings. The predicted octanol–water partition coefficient (Wildman–Crippen LogP) is 1.76. The Hall–Kier alpha value is -1.35. The molecule has 2 heterocycles. The third-order valence-electron chi connectivity index (χ3n) is 3.28. The zero-order valence-corrected chi connectivity index (χ0v) is 8.69. The van der Waals surface area contributed by atoms with Crippen LogP contribution in [-0.4, -0.2) is 14.9 Å². The van der Waals surface area contributed by atoms with Crippen LogP contribution in [0.3, 0.4) is 0 Å². The van der Waals surface area contributed by atoms with Crippen LogP contribution in [0.4, 0.5) is 0 Å². The molecule has 1 fully saturated rings. The SMILES string of the molecule is NC1(CCc2cccc3nccn23)CC1. The van der Waals surface area contributed by atoms with E-state index in [2.05, 4.69) is 21.5 Å². The van der Waals surface area contributed by atoms with Gasteiger partial charge in [0.2, 0.25) is 0 Å². The summed E-state index contributed by atoms with van der Waals surface area (Å²) < 4.78 is 2.14. The molecule has 3 nitrogen and oxygen atoms in total. The maximum atomic E-state index is 6.09. The van der Waals surface area contributed by atoms with E-state index in [9.17, 15) is 0 Å². The lowest BCUT2D eigenvalue weighted by molar-refractivity contribution is 0.601. The third-order valence-corrected chi connectivity index (χ3v) is 3.28. The summed E-state index contributed by atoms with van der Waals surface area (Å²) in [6.45, 7) is 0. The molecule has 3 rings (SSSR count). The topological polar surface area (TPSA) is 43.3 Å². The highest BCUT2D eigenvalue weighted by Crippen LogP contribution is 2.36. The largest absolute Gasteiger partial charge is 0.325 e. The van der Waals surface area contributed by atoms with Crippen LogP contribution < -0.4 is 5.73 Å². The van der Waals surface area contributed by atoms with Crippen molar-refractivity contribution in [2.75, 3.05) is 0 Å². The highest BCUT2D eigenvalue weighted by molar-refractivity contribution is 5.39. The number of hydrogen-bond acceptors (Lipinski definition) is 2. The molecule has 1 aliphatic carbocycles. The van der Waals surface area contributed by atoms with Crippen LogP contribution in [-0.2, 0) is 6.42 Å². The fourth-order valence-electron chi connectivity index (χ4n) is 2.00. The smallest absolute Gasteiger partial charge is 0.136 e. The van der Waals surface area contributed by atoms with Crippen molar-refractivity contribution in [1.82, 2.24) is 9.38 Å². The number of hydrogen-bond donors (Lipinski definition) is 1. The molecule has 78 valence electrons. The lowest BCUT2D eigenvalue weighted by Crippen LogP contribution is -2.22. The number of nitrogens with two attached hydrogens (primary N) is 1. The van der Waals surface area contributed by atoms with Gasteiger partial charge in [-0.2, -0.15) is 0 Å². The van der Waals surface area contributed by atoms with Crippen LogP contribution in [0, 0.1) is 0 Å². The second kappa shape index (κ2) is 3.07. The summed E-state index contributed by atoms with van der Waals surface area (Å²) in [6, 6.07) is 6.24. The minimum atomic E-state index is 0.142. The Kier molecular flexibility index (Phi) is 1.83. The van der Waals surface area contributed by atoms with Gasteiger partial charge >= 0.3 is 0 Å². The highest BCUT2D eigenvalue weighted by atomic mass is 15.0. The van der Waals surface area contributed by atoms with Crippen molar-refractivity contribution in [3.8, 4) is 0 Å². The molecule has 0 aromatic carbocycles. The van der Waals surface area contributed by atoms with Crippen molar-refractivity contribution in [3.05, 3.63) is 36.3 Å². The number of pyridine rings is 1. The van der Waals surface area contributed by atoms with Crippen molar-refractivity contribution in [3.63, 3.8) is 0 Å². The quantitative estimate of drug-likeness (QED) is 0.822. The van der Waals surface area contributed by atoms with Gasteiger partial charge < -0.3 is 10.1 Å². The first-order chi connectivity index (χ1) is 7.27. The monoisotopic (exact) mass is 201 g/mol. The van der Waals surface area contributed by atoms with Gasteiger partial charge in [0.25, 0.3) is 0 Å². The molecular weight excluding hydrogens is 186 g/mol. The van der Waals surface area contributed by atoms with Crippen molar-refractivity contribution in [2.24, 2.45) is 5.73 Å². The van der Waals surface area contributed by atoms with E-state index < -0.39 is 0 Å². The summed E-state index contributed by atoms with van der Waals surface area (Å²) in [5, 5.41) is 0. The zero-order valence-electron chi connectivity index (χ0n) is 8.69. The molecule has 3 heteroatoms. The predicted molar refractivity (Wildman–Crippen MR) is 59.7 cm³/mol. The lowest BCUT2D eigenvalue weighted by atomic mass is 10.1. The number of nitrogens with zero attached hydrogens (tertiary/aromatic N) is 2. The van der Waals surface area contributed by atoms with Crippen molar-refractivity contribution in [1.29, 1.82) is 0 Å². The van der Waals surface area contributed by atoms with Crippen molar-refractivity contribution in [2.45, 2.75) is 31.2 Å². The van der Waals surface area contributed by atoms with Gasteiger partial charge in [-0.15, -0.1) is 0 Å². The third kappa shape index (κ3) is 1.63. The van der Waals surface area contributed by atoms with Crippen LogP contribution in [0.2, 0.25) is 0 Å². The van der Waals surface area contributed by atoms with Crippen molar-refractivity contribution < 1.29 is 0 Å². The Bertz CT molecular complexity index is 482. The molecule has 0 bridgehead atoms. The Labute approximate surface area is 88.9 Å². The van der Waals surface area contributed by atoms with Gasteiger partial charge in [-0.3, -0.25) is 0 Å². The molecular formula is C12H15N3. The van der Waals surface area contributed by atoms with Gasteiger partial charge in [0.05, 0.1) is 0 Å².